The number of hydrogen-bond acceptors (Lipinski definition) is 4. The molecule has 0 radical (unpaired) electrons. The summed E-state index contributed by atoms with van der Waals surface area (Å²) >= 11 is 0. The van der Waals surface area contributed by atoms with Crippen LogP contribution in [0.3, 0.4) is 0 Å². The van der Waals surface area contributed by atoms with Crippen LogP contribution in [0.25, 0.3) is 0 Å². The molecule has 0 aliphatic heterocycles. The molecule has 0 saturated carbocycles. The fourth-order valence-corrected chi connectivity index (χ4v) is 3.09. The molecule has 21 heavy (non-hydrogen) atoms. The summed E-state index contributed by atoms with van der Waals surface area (Å²) in [6, 6.07) is 3.86. The van der Waals surface area contributed by atoms with E-state index in [1.54, 1.807) is 13.8 Å². The van der Waals surface area contributed by atoms with Crippen LogP contribution in [0.5, 0.6) is 0 Å². The number of benzene rings is 1. The summed E-state index contributed by atoms with van der Waals surface area (Å²) in [4.78, 5) is 22.3. The number of carboxylic acid groups (broad SMARTS) is 1. The van der Waals surface area contributed by atoms with Gasteiger partial charge >= 0.3 is 5.97 Å². The summed E-state index contributed by atoms with van der Waals surface area (Å²) in [6.07, 6.45) is 0. The number of nitrogens with zero attached hydrogens (tertiary/aromatic N) is 1. The Labute approximate surface area is 123 Å². The third kappa shape index (κ3) is 4.02. The topological polar surface area (TPSA) is 104 Å². The highest BCUT2D eigenvalue weighted by Crippen LogP contribution is 2.20. The molecule has 7 nitrogen and oxygen atoms in total. The Morgan fingerprint density at radius 3 is 2.48 bits per heavy atom. The molecule has 1 aromatic rings. The molecule has 116 valence electrons. The van der Waals surface area contributed by atoms with Gasteiger partial charge < -0.3 is 10.4 Å². The van der Waals surface area contributed by atoms with Gasteiger partial charge in [0.1, 0.15) is 0 Å². The van der Waals surface area contributed by atoms with Crippen molar-refractivity contribution in [3.8, 4) is 0 Å². The molecule has 0 fully saturated rings. The van der Waals surface area contributed by atoms with Crippen LogP contribution in [0.1, 0.15) is 22.8 Å². The number of rotatable bonds is 6. The van der Waals surface area contributed by atoms with Crippen LogP contribution >= 0.6 is 0 Å². The van der Waals surface area contributed by atoms with Crippen molar-refractivity contribution in [1.29, 1.82) is 0 Å². The van der Waals surface area contributed by atoms with Crippen molar-refractivity contribution < 1.29 is 23.1 Å². The number of carbonyl (C=O) groups is 2. The Bertz CT molecular complexity index is 655. The van der Waals surface area contributed by atoms with Crippen molar-refractivity contribution in [2.24, 2.45) is 0 Å². The lowest BCUT2D eigenvalue weighted by Crippen LogP contribution is -2.38. The first-order chi connectivity index (χ1) is 9.70. The van der Waals surface area contributed by atoms with Crippen molar-refractivity contribution in [2.75, 3.05) is 20.1 Å². The average Bonchev–Trinajstić information content (AvgIpc) is 2.38. The number of amides is 1. The van der Waals surface area contributed by atoms with E-state index in [4.69, 9.17) is 5.11 Å². The van der Waals surface area contributed by atoms with Gasteiger partial charge in [0.25, 0.3) is 0 Å². The van der Waals surface area contributed by atoms with E-state index in [1.807, 2.05) is 0 Å². The summed E-state index contributed by atoms with van der Waals surface area (Å²) in [5, 5.41) is 11.5. The second-order valence-electron chi connectivity index (χ2n) is 4.50. The molecule has 0 bridgehead atoms. The maximum atomic E-state index is 12.4. The highest BCUT2D eigenvalue weighted by molar-refractivity contribution is 7.89. The number of aryl methyl sites for hydroxylation is 1. The van der Waals surface area contributed by atoms with E-state index >= 15 is 0 Å². The number of sulfonamides is 1. The van der Waals surface area contributed by atoms with Gasteiger partial charge in [-0.15, -0.1) is 0 Å². The van der Waals surface area contributed by atoms with Gasteiger partial charge in [-0.25, -0.2) is 13.2 Å². The lowest BCUT2D eigenvalue weighted by atomic mass is 10.1. The van der Waals surface area contributed by atoms with E-state index in [1.165, 1.54) is 19.2 Å². The van der Waals surface area contributed by atoms with Gasteiger partial charge in [-0.3, -0.25) is 4.79 Å². The molecule has 1 amide bonds. The Hall–Kier alpha value is -1.93. The smallest absolute Gasteiger partial charge is 0.335 e. The first kappa shape index (κ1) is 17.1. The monoisotopic (exact) mass is 314 g/mol. The first-order valence-corrected chi connectivity index (χ1v) is 7.71. The second-order valence-corrected chi connectivity index (χ2v) is 6.51. The van der Waals surface area contributed by atoms with E-state index in [9.17, 15) is 18.0 Å². The molecule has 8 heteroatoms. The molecule has 1 rings (SSSR count). The van der Waals surface area contributed by atoms with E-state index in [0.717, 1.165) is 10.4 Å². The van der Waals surface area contributed by atoms with Gasteiger partial charge in [-0.1, -0.05) is 6.07 Å². The Kier molecular flexibility index (Phi) is 5.45. The highest BCUT2D eigenvalue weighted by atomic mass is 32.2. The molecular formula is C13H18N2O5S. The summed E-state index contributed by atoms with van der Waals surface area (Å²) in [5.74, 6) is -1.63. The largest absolute Gasteiger partial charge is 0.478 e. The molecule has 0 heterocycles. The quantitative estimate of drug-likeness (QED) is 0.793. The van der Waals surface area contributed by atoms with Crippen LogP contribution in [0, 0.1) is 6.92 Å². The zero-order valence-corrected chi connectivity index (χ0v) is 12.9. The second kappa shape index (κ2) is 6.68. The summed E-state index contributed by atoms with van der Waals surface area (Å²) in [7, 11) is -2.65. The van der Waals surface area contributed by atoms with Gasteiger partial charge in [0, 0.05) is 13.6 Å². The Morgan fingerprint density at radius 1 is 1.33 bits per heavy atom. The molecule has 0 aliphatic carbocycles. The predicted octanol–water partition coefficient (Wildman–Crippen LogP) is 0.450. The number of carbonyl (C=O) groups excluding carboxylic acids is 1. The van der Waals surface area contributed by atoms with Crippen molar-refractivity contribution in [3.05, 3.63) is 29.3 Å². The minimum atomic E-state index is -3.93. The van der Waals surface area contributed by atoms with Crippen molar-refractivity contribution in [3.63, 3.8) is 0 Å². The van der Waals surface area contributed by atoms with E-state index in [2.05, 4.69) is 5.32 Å². The fourth-order valence-electron chi connectivity index (χ4n) is 1.72. The lowest BCUT2D eigenvalue weighted by molar-refractivity contribution is -0.121. The molecule has 0 saturated heterocycles. The first-order valence-electron chi connectivity index (χ1n) is 6.27. The molecule has 2 N–H and O–H groups in total. The van der Waals surface area contributed by atoms with Crippen LogP contribution in [0.4, 0.5) is 0 Å². The summed E-state index contributed by atoms with van der Waals surface area (Å²) in [5.41, 5.74) is 0.299. The van der Waals surface area contributed by atoms with Crippen molar-refractivity contribution in [2.45, 2.75) is 18.7 Å². The molecule has 0 aromatic heterocycles. The minimum absolute atomic E-state index is 0.116. The van der Waals surface area contributed by atoms with E-state index in [0.29, 0.717) is 12.1 Å². The molecule has 1 aromatic carbocycles. The van der Waals surface area contributed by atoms with Gasteiger partial charge in [0.15, 0.2) is 0 Å². The molecule has 0 spiro atoms. The highest BCUT2D eigenvalue weighted by Gasteiger charge is 2.25. The SMILES string of the molecule is CCNC(=O)CN(C)S(=O)(=O)c1cc(C(=O)O)ccc1C. The maximum absolute atomic E-state index is 12.4. The number of hydrogen-bond donors (Lipinski definition) is 2. The normalized spacial score (nSPS) is 11.4. The van der Waals surface area contributed by atoms with Gasteiger partial charge in [0.05, 0.1) is 17.0 Å². The number of carboxylic acids is 1. The van der Waals surface area contributed by atoms with Gasteiger partial charge in [0.2, 0.25) is 15.9 Å². The van der Waals surface area contributed by atoms with Crippen molar-refractivity contribution >= 4 is 21.9 Å². The number of aromatic carboxylic acids is 1. The van der Waals surface area contributed by atoms with Crippen molar-refractivity contribution in [1.82, 2.24) is 9.62 Å². The van der Waals surface area contributed by atoms with Crippen LogP contribution < -0.4 is 5.32 Å². The van der Waals surface area contributed by atoms with Crippen LogP contribution in [0.2, 0.25) is 0 Å². The molecule has 0 aliphatic rings. The summed E-state index contributed by atoms with van der Waals surface area (Å²) < 4.78 is 25.7. The number of likely N-dealkylation sites (N-methyl/N-ethyl adjacent to an activating group) is 2. The average molecular weight is 314 g/mol. The predicted molar refractivity (Wildman–Crippen MR) is 76.6 cm³/mol. The van der Waals surface area contributed by atoms with Crippen LogP contribution in [-0.4, -0.2) is 49.8 Å². The standard InChI is InChI=1S/C13H18N2O5S/c1-4-14-12(16)8-15(3)21(19,20)11-7-10(13(17)18)6-5-9(11)2/h5-7H,4,8H2,1-3H3,(H,14,16)(H,17,18). The maximum Gasteiger partial charge on any atom is 0.335 e. The fraction of sp³-hybridized carbons (Fsp3) is 0.385. The Balaban J connectivity index is 3.15. The third-order valence-electron chi connectivity index (χ3n) is 2.86. The van der Waals surface area contributed by atoms with Crippen LogP contribution in [-0.2, 0) is 14.8 Å². The zero-order chi connectivity index (χ0) is 16.2. The molecule has 0 unspecified atom stereocenters. The third-order valence-corrected chi connectivity index (χ3v) is 4.81. The van der Waals surface area contributed by atoms with E-state index < -0.39 is 21.9 Å². The number of nitrogens with one attached hydrogen (secondary N) is 1. The summed E-state index contributed by atoms with van der Waals surface area (Å²) in [6.45, 7) is 3.37. The Morgan fingerprint density at radius 2 is 1.95 bits per heavy atom. The minimum Gasteiger partial charge on any atom is -0.478 e. The zero-order valence-electron chi connectivity index (χ0n) is 12.1. The molecular weight excluding hydrogens is 296 g/mol. The molecule has 0 atom stereocenters. The van der Waals surface area contributed by atoms with Crippen LogP contribution in [0.15, 0.2) is 23.1 Å². The van der Waals surface area contributed by atoms with E-state index in [-0.39, 0.29) is 17.0 Å². The lowest BCUT2D eigenvalue weighted by Gasteiger charge is -2.18. The van der Waals surface area contributed by atoms with Gasteiger partial charge in [-0.05, 0) is 31.5 Å². The van der Waals surface area contributed by atoms with Gasteiger partial charge in [-0.2, -0.15) is 4.31 Å².